The van der Waals surface area contributed by atoms with Crippen molar-refractivity contribution in [3.05, 3.63) is 18.0 Å². The van der Waals surface area contributed by atoms with Gasteiger partial charge in [0.15, 0.2) is 11.5 Å². The second kappa shape index (κ2) is 5.55. The minimum atomic E-state index is -0.865. The number of aliphatic carboxylic acids is 1. The van der Waals surface area contributed by atoms with E-state index < -0.39 is 12.0 Å². The van der Waals surface area contributed by atoms with Crippen LogP contribution in [0, 0.1) is 11.8 Å². The summed E-state index contributed by atoms with van der Waals surface area (Å²) < 4.78 is 1.73. The molecule has 0 aliphatic heterocycles. The smallest absolute Gasteiger partial charge is 0.326 e. The fourth-order valence-corrected chi connectivity index (χ4v) is 2.67. The second-order valence-electron chi connectivity index (χ2n) is 6.53. The number of fused-ring (bicyclic) bond motifs is 1. The van der Waals surface area contributed by atoms with E-state index in [1.165, 1.54) is 0 Å². The van der Waals surface area contributed by atoms with Gasteiger partial charge in [-0.3, -0.25) is 0 Å². The molecule has 3 unspecified atom stereocenters. The molecule has 22 heavy (non-hydrogen) atoms. The van der Waals surface area contributed by atoms with Crippen LogP contribution in [0.1, 0.15) is 45.4 Å². The summed E-state index contributed by atoms with van der Waals surface area (Å²) in [5.74, 6) is 1.84. The van der Waals surface area contributed by atoms with Crippen LogP contribution in [0.3, 0.4) is 0 Å². The van der Waals surface area contributed by atoms with Crippen molar-refractivity contribution >= 4 is 17.4 Å². The lowest BCUT2D eigenvalue weighted by molar-refractivity contribution is -0.138. The predicted octanol–water partition coefficient (Wildman–Crippen LogP) is 2.16. The van der Waals surface area contributed by atoms with E-state index >= 15 is 0 Å². The first-order valence-corrected chi connectivity index (χ1v) is 7.67. The van der Waals surface area contributed by atoms with Crippen LogP contribution < -0.4 is 5.32 Å². The van der Waals surface area contributed by atoms with Crippen LogP contribution in [0.5, 0.6) is 0 Å². The lowest BCUT2D eigenvalue weighted by atomic mass is 10.0. The van der Waals surface area contributed by atoms with Crippen molar-refractivity contribution in [2.45, 2.75) is 45.6 Å². The molecule has 0 bridgehead atoms. The highest BCUT2D eigenvalue weighted by atomic mass is 16.4. The standard InChI is InChI=1S/C15H21N5O2/c1-8(2)6-11(15(21)22)16-12-4-5-13-17-18-14(20(13)19-12)10-7-9(10)3/h4-5,8-11H,6-7H2,1-3H3,(H,16,19)(H,21,22). The minimum Gasteiger partial charge on any atom is -0.480 e. The fraction of sp³-hybridized carbons (Fsp3) is 0.600. The lowest BCUT2D eigenvalue weighted by Crippen LogP contribution is -2.31. The number of aromatic nitrogens is 4. The topological polar surface area (TPSA) is 92.4 Å². The number of carbonyl (C=O) groups is 1. The van der Waals surface area contributed by atoms with Crippen molar-refractivity contribution in [2.75, 3.05) is 5.32 Å². The Morgan fingerprint density at radius 2 is 2.18 bits per heavy atom. The molecule has 1 aliphatic rings. The van der Waals surface area contributed by atoms with Gasteiger partial charge in [0.2, 0.25) is 0 Å². The zero-order valence-electron chi connectivity index (χ0n) is 13.0. The van der Waals surface area contributed by atoms with Crippen molar-refractivity contribution in [3.8, 4) is 0 Å². The SMILES string of the molecule is CC(C)CC(Nc1ccc2nnc(C3CC3C)n2n1)C(=O)O. The highest BCUT2D eigenvalue weighted by Crippen LogP contribution is 2.45. The molecule has 1 aliphatic carbocycles. The number of hydrogen-bond acceptors (Lipinski definition) is 5. The van der Waals surface area contributed by atoms with Gasteiger partial charge in [-0.15, -0.1) is 15.3 Å². The Labute approximate surface area is 128 Å². The van der Waals surface area contributed by atoms with E-state index in [1.54, 1.807) is 10.6 Å². The minimum absolute atomic E-state index is 0.287. The van der Waals surface area contributed by atoms with E-state index in [4.69, 9.17) is 0 Å². The summed E-state index contributed by atoms with van der Waals surface area (Å²) in [6, 6.07) is 2.91. The summed E-state index contributed by atoms with van der Waals surface area (Å²) in [4.78, 5) is 11.4. The molecule has 2 N–H and O–H groups in total. The largest absolute Gasteiger partial charge is 0.480 e. The van der Waals surface area contributed by atoms with Crippen molar-refractivity contribution in [1.29, 1.82) is 0 Å². The molecular formula is C15H21N5O2. The maximum atomic E-state index is 11.4. The van der Waals surface area contributed by atoms with Gasteiger partial charge in [-0.2, -0.15) is 4.52 Å². The van der Waals surface area contributed by atoms with E-state index in [0.717, 1.165) is 12.2 Å². The molecule has 2 aromatic rings. The van der Waals surface area contributed by atoms with Crippen LogP contribution in [0.25, 0.3) is 5.65 Å². The normalized spacial score (nSPS) is 22.0. The number of nitrogens with one attached hydrogen (secondary N) is 1. The van der Waals surface area contributed by atoms with Gasteiger partial charge in [-0.05, 0) is 36.8 Å². The van der Waals surface area contributed by atoms with Gasteiger partial charge >= 0.3 is 5.97 Å². The maximum absolute atomic E-state index is 11.4. The summed E-state index contributed by atoms with van der Waals surface area (Å²) in [5.41, 5.74) is 0.690. The molecule has 1 saturated carbocycles. The van der Waals surface area contributed by atoms with Crippen LogP contribution in [-0.4, -0.2) is 36.9 Å². The average molecular weight is 303 g/mol. The number of hydrogen-bond donors (Lipinski definition) is 2. The molecule has 118 valence electrons. The Kier molecular flexibility index (Phi) is 3.72. The van der Waals surface area contributed by atoms with E-state index in [2.05, 4.69) is 27.5 Å². The summed E-state index contributed by atoms with van der Waals surface area (Å²) in [6.45, 7) is 6.18. The average Bonchev–Trinajstić information content (AvgIpc) is 3.02. The molecule has 7 nitrogen and oxygen atoms in total. The van der Waals surface area contributed by atoms with E-state index in [0.29, 0.717) is 29.7 Å². The third kappa shape index (κ3) is 2.88. The van der Waals surface area contributed by atoms with E-state index in [9.17, 15) is 9.90 Å². The Balaban J connectivity index is 1.85. The van der Waals surface area contributed by atoms with Crippen molar-refractivity contribution in [1.82, 2.24) is 19.8 Å². The molecule has 2 aromatic heterocycles. The lowest BCUT2D eigenvalue weighted by Gasteiger charge is -2.16. The molecule has 2 heterocycles. The molecule has 1 fully saturated rings. The van der Waals surface area contributed by atoms with Gasteiger partial charge in [0.1, 0.15) is 11.9 Å². The van der Waals surface area contributed by atoms with Crippen LogP contribution in [0.15, 0.2) is 12.1 Å². The van der Waals surface area contributed by atoms with E-state index in [1.807, 2.05) is 19.9 Å². The van der Waals surface area contributed by atoms with Crippen molar-refractivity contribution < 1.29 is 9.90 Å². The Morgan fingerprint density at radius 3 is 2.77 bits per heavy atom. The molecule has 0 radical (unpaired) electrons. The van der Waals surface area contributed by atoms with Gasteiger partial charge in [0.05, 0.1) is 0 Å². The van der Waals surface area contributed by atoms with Crippen molar-refractivity contribution in [3.63, 3.8) is 0 Å². The van der Waals surface area contributed by atoms with Gasteiger partial charge in [-0.1, -0.05) is 20.8 Å². The maximum Gasteiger partial charge on any atom is 0.326 e. The summed E-state index contributed by atoms with van der Waals surface area (Å²) in [7, 11) is 0. The Hall–Kier alpha value is -2.18. The monoisotopic (exact) mass is 303 g/mol. The molecule has 0 amide bonds. The zero-order valence-corrected chi connectivity index (χ0v) is 13.0. The van der Waals surface area contributed by atoms with Crippen LogP contribution in [0.4, 0.5) is 5.82 Å². The first kappa shape index (κ1) is 14.7. The quantitative estimate of drug-likeness (QED) is 0.849. The summed E-state index contributed by atoms with van der Waals surface area (Å²) in [5, 5.41) is 25.1. The molecule has 7 heteroatoms. The third-order valence-electron chi connectivity index (χ3n) is 4.06. The molecule has 3 rings (SSSR count). The zero-order chi connectivity index (χ0) is 15.9. The number of carboxylic acid groups (broad SMARTS) is 1. The summed E-state index contributed by atoms with van der Waals surface area (Å²) >= 11 is 0. The summed E-state index contributed by atoms with van der Waals surface area (Å²) in [6.07, 6.45) is 1.65. The highest BCUT2D eigenvalue weighted by Gasteiger charge is 2.38. The first-order chi connectivity index (χ1) is 10.5. The van der Waals surface area contributed by atoms with Crippen LogP contribution in [-0.2, 0) is 4.79 Å². The van der Waals surface area contributed by atoms with Gasteiger partial charge < -0.3 is 10.4 Å². The third-order valence-corrected chi connectivity index (χ3v) is 4.06. The number of nitrogens with zero attached hydrogens (tertiary/aromatic N) is 4. The molecular weight excluding hydrogens is 282 g/mol. The van der Waals surface area contributed by atoms with Gasteiger partial charge in [-0.25, -0.2) is 4.79 Å². The van der Waals surface area contributed by atoms with Gasteiger partial charge in [0.25, 0.3) is 0 Å². The molecule has 0 spiro atoms. The predicted molar refractivity (Wildman–Crippen MR) is 81.8 cm³/mol. The molecule has 0 aromatic carbocycles. The first-order valence-electron chi connectivity index (χ1n) is 7.67. The Bertz CT molecular complexity index is 696. The second-order valence-corrected chi connectivity index (χ2v) is 6.53. The van der Waals surface area contributed by atoms with E-state index in [-0.39, 0.29) is 5.92 Å². The fourth-order valence-electron chi connectivity index (χ4n) is 2.67. The molecule has 0 saturated heterocycles. The highest BCUT2D eigenvalue weighted by molar-refractivity contribution is 5.76. The number of carboxylic acids is 1. The van der Waals surface area contributed by atoms with Crippen LogP contribution in [0.2, 0.25) is 0 Å². The van der Waals surface area contributed by atoms with Gasteiger partial charge in [0, 0.05) is 5.92 Å². The van der Waals surface area contributed by atoms with Crippen LogP contribution >= 0.6 is 0 Å². The number of anilines is 1. The number of rotatable bonds is 6. The molecule has 3 atom stereocenters. The Morgan fingerprint density at radius 1 is 1.45 bits per heavy atom. The van der Waals surface area contributed by atoms with Crippen molar-refractivity contribution in [2.24, 2.45) is 11.8 Å².